The summed E-state index contributed by atoms with van der Waals surface area (Å²) in [7, 11) is 0. The minimum Gasteiger partial charge on any atom is -0.314 e. The fourth-order valence-electron chi connectivity index (χ4n) is 3.07. The van der Waals surface area contributed by atoms with Crippen LogP contribution in [-0.4, -0.2) is 31.1 Å². The minimum atomic E-state index is -0.0618. The molecule has 0 unspecified atom stereocenters. The van der Waals surface area contributed by atoms with Gasteiger partial charge in [0.2, 0.25) is 0 Å². The van der Waals surface area contributed by atoms with Crippen LogP contribution in [0.2, 0.25) is 0 Å². The molecule has 1 aliphatic carbocycles. The molecule has 1 saturated heterocycles. The molecule has 2 aliphatic rings. The fraction of sp³-hybridized carbons (Fsp3) is 0.600. The molecule has 1 aromatic carbocycles. The minimum absolute atomic E-state index is 0.0618. The standard InChI is InChI=1S/C15H21FN2/c1-11-13(3-2-4-14(11)16)15(12-5-6-12)18-9-7-17-8-10-18/h2-4,12,15,17H,5-10H2,1H3/t15-/m1/s1. The summed E-state index contributed by atoms with van der Waals surface area (Å²) in [4.78, 5) is 2.54. The van der Waals surface area contributed by atoms with E-state index in [1.54, 1.807) is 6.07 Å². The maximum absolute atomic E-state index is 13.8. The fourth-order valence-corrected chi connectivity index (χ4v) is 3.07. The second kappa shape index (κ2) is 4.98. The van der Waals surface area contributed by atoms with Crippen molar-refractivity contribution in [3.8, 4) is 0 Å². The molecule has 3 heteroatoms. The Balaban J connectivity index is 1.90. The first kappa shape index (κ1) is 12.1. The zero-order valence-corrected chi connectivity index (χ0v) is 11.0. The van der Waals surface area contributed by atoms with Gasteiger partial charge in [0.25, 0.3) is 0 Å². The Morgan fingerprint density at radius 1 is 1.28 bits per heavy atom. The van der Waals surface area contributed by atoms with Crippen molar-refractivity contribution in [1.82, 2.24) is 10.2 Å². The van der Waals surface area contributed by atoms with E-state index in [0.29, 0.717) is 6.04 Å². The van der Waals surface area contributed by atoms with Gasteiger partial charge in [-0.3, -0.25) is 4.90 Å². The van der Waals surface area contributed by atoms with Crippen LogP contribution in [0.15, 0.2) is 18.2 Å². The van der Waals surface area contributed by atoms with E-state index in [2.05, 4.69) is 16.3 Å². The number of hydrogen-bond acceptors (Lipinski definition) is 2. The predicted octanol–water partition coefficient (Wildman–Crippen LogP) is 2.49. The molecule has 2 nitrogen and oxygen atoms in total. The van der Waals surface area contributed by atoms with Gasteiger partial charge in [0, 0.05) is 32.2 Å². The summed E-state index contributed by atoms with van der Waals surface area (Å²) in [5.74, 6) is 0.678. The average molecular weight is 248 g/mol. The summed E-state index contributed by atoms with van der Waals surface area (Å²) in [5, 5.41) is 3.39. The van der Waals surface area contributed by atoms with Crippen LogP contribution in [-0.2, 0) is 0 Å². The van der Waals surface area contributed by atoms with E-state index in [4.69, 9.17) is 0 Å². The molecule has 0 amide bonds. The first-order valence-electron chi connectivity index (χ1n) is 6.97. The quantitative estimate of drug-likeness (QED) is 0.884. The molecule has 2 fully saturated rings. The zero-order chi connectivity index (χ0) is 12.5. The molecule has 1 aliphatic heterocycles. The van der Waals surface area contributed by atoms with Crippen LogP contribution >= 0.6 is 0 Å². The molecular formula is C15H21FN2. The monoisotopic (exact) mass is 248 g/mol. The SMILES string of the molecule is Cc1c(F)cccc1[C@@H](C1CC1)N1CCNCC1. The van der Waals surface area contributed by atoms with Crippen LogP contribution in [0.3, 0.4) is 0 Å². The highest BCUT2D eigenvalue weighted by molar-refractivity contribution is 5.31. The molecule has 0 aromatic heterocycles. The Bertz CT molecular complexity index is 423. The highest BCUT2D eigenvalue weighted by atomic mass is 19.1. The third-order valence-electron chi connectivity index (χ3n) is 4.24. The Kier molecular flexibility index (Phi) is 3.35. The molecule has 1 atom stereocenters. The molecule has 0 radical (unpaired) electrons. The smallest absolute Gasteiger partial charge is 0.126 e. The van der Waals surface area contributed by atoms with Gasteiger partial charge in [-0.25, -0.2) is 4.39 Å². The first-order valence-corrected chi connectivity index (χ1v) is 6.97. The lowest BCUT2D eigenvalue weighted by molar-refractivity contribution is 0.155. The van der Waals surface area contributed by atoms with Crippen molar-refractivity contribution in [2.75, 3.05) is 26.2 Å². The summed E-state index contributed by atoms with van der Waals surface area (Å²) >= 11 is 0. The van der Waals surface area contributed by atoms with Gasteiger partial charge in [-0.1, -0.05) is 12.1 Å². The van der Waals surface area contributed by atoms with Gasteiger partial charge in [-0.2, -0.15) is 0 Å². The van der Waals surface area contributed by atoms with Crippen LogP contribution in [0.5, 0.6) is 0 Å². The number of nitrogens with zero attached hydrogens (tertiary/aromatic N) is 1. The van der Waals surface area contributed by atoms with Gasteiger partial charge in [0.1, 0.15) is 5.82 Å². The van der Waals surface area contributed by atoms with Crippen LogP contribution in [0.1, 0.15) is 30.0 Å². The summed E-state index contributed by atoms with van der Waals surface area (Å²) in [5.41, 5.74) is 2.05. The van der Waals surface area contributed by atoms with Crippen molar-refractivity contribution in [3.63, 3.8) is 0 Å². The van der Waals surface area contributed by atoms with Gasteiger partial charge >= 0.3 is 0 Å². The second-order valence-electron chi connectivity index (χ2n) is 5.52. The highest BCUT2D eigenvalue weighted by Crippen LogP contribution is 2.45. The van der Waals surface area contributed by atoms with Crippen molar-refractivity contribution < 1.29 is 4.39 Å². The van der Waals surface area contributed by atoms with E-state index in [-0.39, 0.29) is 5.82 Å². The summed E-state index contributed by atoms with van der Waals surface area (Å²) in [6, 6.07) is 5.97. The summed E-state index contributed by atoms with van der Waals surface area (Å²) in [6.07, 6.45) is 2.59. The third-order valence-corrected chi connectivity index (χ3v) is 4.24. The number of rotatable bonds is 3. The van der Waals surface area contributed by atoms with E-state index in [0.717, 1.165) is 37.7 Å². The van der Waals surface area contributed by atoms with E-state index in [9.17, 15) is 4.39 Å². The lowest BCUT2D eigenvalue weighted by atomic mass is 9.95. The average Bonchev–Trinajstić information content (AvgIpc) is 3.21. The Morgan fingerprint density at radius 3 is 2.67 bits per heavy atom. The second-order valence-corrected chi connectivity index (χ2v) is 5.52. The van der Waals surface area contributed by atoms with Crippen molar-refractivity contribution >= 4 is 0 Å². The zero-order valence-electron chi connectivity index (χ0n) is 11.0. The number of hydrogen-bond donors (Lipinski definition) is 1. The molecule has 1 saturated carbocycles. The van der Waals surface area contributed by atoms with Crippen LogP contribution in [0.25, 0.3) is 0 Å². The topological polar surface area (TPSA) is 15.3 Å². The van der Waals surface area contributed by atoms with Crippen molar-refractivity contribution in [2.45, 2.75) is 25.8 Å². The first-order chi connectivity index (χ1) is 8.77. The maximum atomic E-state index is 13.8. The maximum Gasteiger partial charge on any atom is 0.126 e. The lowest BCUT2D eigenvalue weighted by Crippen LogP contribution is -2.45. The van der Waals surface area contributed by atoms with Gasteiger partial charge in [-0.15, -0.1) is 0 Å². The Morgan fingerprint density at radius 2 is 2.00 bits per heavy atom. The summed E-state index contributed by atoms with van der Waals surface area (Å²) < 4.78 is 13.8. The number of benzene rings is 1. The number of halogens is 1. The van der Waals surface area contributed by atoms with Crippen LogP contribution in [0.4, 0.5) is 4.39 Å². The van der Waals surface area contributed by atoms with Crippen molar-refractivity contribution in [1.29, 1.82) is 0 Å². The van der Waals surface area contributed by atoms with Crippen LogP contribution in [0, 0.1) is 18.7 Å². The van der Waals surface area contributed by atoms with Gasteiger partial charge in [-0.05, 0) is 42.9 Å². The largest absolute Gasteiger partial charge is 0.314 e. The molecule has 98 valence electrons. The number of piperazine rings is 1. The van der Waals surface area contributed by atoms with Gasteiger partial charge in [0.15, 0.2) is 0 Å². The molecule has 0 spiro atoms. The lowest BCUT2D eigenvalue weighted by Gasteiger charge is -2.36. The van der Waals surface area contributed by atoms with Gasteiger partial charge in [0.05, 0.1) is 0 Å². The van der Waals surface area contributed by atoms with E-state index in [1.807, 2.05) is 13.0 Å². The molecular weight excluding hydrogens is 227 g/mol. The molecule has 0 bridgehead atoms. The predicted molar refractivity (Wildman–Crippen MR) is 71.0 cm³/mol. The van der Waals surface area contributed by atoms with E-state index < -0.39 is 0 Å². The Hall–Kier alpha value is -0.930. The summed E-state index contributed by atoms with van der Waals surface area (Å²) in [6.45, 7) is 6.19. The molecule has 1 heterocycles. The molecule has 3 rings (SSSR count). The van der Waals surface area contributed by atoms with E-state index >= 15 is 0 Å². The number of nitrogens with one attached hydrogen (secondary N) is 1. The third kappa shape index (κ3) is 2.29. The molecule has 18 heavy (non-hydrogen) atoms. The van der Waals surface area contributed by atoms with Crippen molar-refractivity contribution in [3.05, 3.63) is 35.1 Å². The van der Waals surface area contributed by atoms with E-state index in [1.165, 1.54) is 18.4 Å². The van der Waals surface area contributed by atoms with Gasteiger partial charge < -0.3 is 5.32 Å². The van der Waals surface area contributed by atoms with Crippen LogP contribution < -0.4 is 5.32 Å². The Labute approximate surface area is 108 Å². The van der Waals surface area contributed by atoms with Crippen molar-refractivity contribution in [2.24, 2.45) is 5.92 Å². The molecule has 1 aromatic rings. The normalized spacial score (nSPS) is 23.0. The highest BCUT2D eigenvalue weighted by Gasteiger charge is 2.37. The molecule has 1 N–H and O–H groups in total.